The van der Waals surface area contributed by atoms with Crippen LogP contribution in [0, 0.1) is 0 Å². The third-order valence-electron chi connectivity index (χ3n) is 3.85. The van der Waals surface area contributed by atoms with Crippen molar-refractivity contribution in [1.82, 2.24) is 15.2 Å². The van der Waals surface area contributed by atoms with Crippen molar-refractivity contribution >= 4 is 5.91 Å². The van der Waals surface area contributed by atoms with Crippen LogP contribution in [0.3, 0.4) is 0 Å². The molecule has 1 fully saturated rings. The fraction of sp³-hybridized carbons (Fsp3) is 0.412. The van der Waals surface area contributed by atoms with E-state index in [0.29, 0.717) is 18.2 Å². The maximum atomic E-state index is 12.0. The van der Waals surface area contributed by atoms with E-state index in [9.17, 15) is 4.79 Å². The van der Waals surface area contributed by atoms with Crippen LogP contribution in [-0.4, -0.2) is 41.5 Å². The molecular weight excluding hydrogens is 294 g/mol. The van der Waals surface area contributed by atoms with Crippen molar-refractivity contribution in [3.8, 4) is 5.88 Å². The fourth-order valence-corrected chi connectivity index (χ4v) is 2.75. The van der Waals surface area contributed by atoms with Crippen molar-refractivity contribution in [3.05, 3.63) is 48.0 Å². The van der Waals surface area contributed by atoms with Gasteiger partial charge in [0.25, 0.3) is 5.91 Å². The van der Waals surface area contributed by atoms with Gasteiger partial charge in [-0.05, 0) is 31.0 Å². The van der Waals surface area contributed by atoms with Gasteiger partial charge in [-0.2, -0.15) is 0 Å². The Morgan fingerprint density at radius 1 is 1.48 bits per heavy atom. The summed E-state index contributed by atoms with van der Waals surface area (Å²) in [5.74, 6) is 0.866. The highest BCUT2D eigenvalue weighted by Gasteiger charge is 2.24. The molecule has 122 valence electrons. The molecule has 1 atom stereocenters. The monoisotopic (exact) mass is 315 g/mol. The lowest BCUT2D eigenvalue weighted by molar-refractivity contribution is 0.0909. The quantitative estimate of drug-likeness (QED) is 0.884. The average Bonchev–Trinajstić information content (AvgIpc) is 3.21. The highest BCUT2D eigenvalue weighted by atomic mass is 16.5. The second-order valence-electron chi connectivity index (χ2n) is 5.61. The third kappa shape index (κ3) is 4.10. The van der Waals surface area contributed by atoms with Gasteiger partial charge in [-0.25, -0.2) is 4.98 Å². The summed E-state index contributed by atoms with van der Waals surface area (Å²) < 4.78 is 10.5. The molecule has 0 unspecified atom stereocenters. The molecule has 0 aromatic carbocycles. The van der Waals surface area contributed by atoms with E-state index in [0.717, 1.165) is 31.6 Å². The molecule has 6 nitrogen and oxygen atoms in total. The van der Waals surface area contributed by atoms with Gasteiger partial charge in [0.1, 0.15) is 0 Å². The first-order chi connectivity index (χ1) is 11.2. The van der Waals surface area contributed by atoms with Gasteiger partial charge in [0.2, 0.25) is 5.88 Å². The Balaban J connectivity index is 1.48. The van der Waals surface area contributed by atoms with Crippen molar-refractivity contribution in [1.29, 1.82) is 0 Å². The Kier molecular flexibility index (Phi) is 4.92. The molecule has 0 radical (unpaired) electrons. The summed E-state index contributed by atoms with van der Waals surface area (Å²) in [6.45, 7) is 5.18. The number of carbonyl (C=O) groups is 1. The Labute approximate surface area is 135 Å². The zero-order valence-corrected chi connectivity index (χ0v) is 13.2. The van der Waals surface area contributed by atoms with Crippen LogP contribution >= 0.6 is 0 Å². The number of amides is 1. The van der Waals surface area contributed by atoms with E-state index in [4.69, 9.17) is 9.15 Å². The summed E-state index contributed by atoms with van der Waals surface area (Å²) in [5, 5.41) is 3.01. The summed E-state index contributed by atoms with van der Waals surface area (Å²) in [4.78, 5) is 18.6. The van der Waals surface area contributed by atoms with Gasteiger partial charge in [-0.15, -0.1) is 0 Å². The predicted molar refractivity (Wildman–Crippen MR) is 85.3 cm³/mol. The molecule has 1 amide bonds. The van der Waals surface area contributed by atoms with E-state index >= 15 is 0 Å². The maximum Gasteiger partial charge on any atom is 0.287 e. The zero-order chi connectivity index (χ0) is 16.1. The van der Waals surface area contributed by atoms with E-state index in [1.165, 1.54) is 6.26 Å². The standard InChI is InChI=1S/C17H21N3O3/c1-2-22-16-6-5-13(10-18-16)11-20-8-7-14(12-20)19-17(21)15-4-3-9-23-15/h3-6,9-10,14H,2,7-8,11-12H2,1H3,(H,19,21)/t14-/m1/s1. The number of nitrogens with zero attached hydrogens (tertiary/aromatic N) is 2. The number of hydrogen-bond donors (Lipinski definition) is 1. The molecule has 2 aromatic heterocycles. The summed E-state index contributed by atoms with van der Waals surface area (Å²) in [6, 6.07) is 7.48. The van der Waals surface area contributed by atoms with Gasteiger partial charge in [-0.1, -0.05) is 6.07 Å². The maximum absolute atomic E-state index is 12.0. The number of nitrogens with one attached hydrogen (secondary N) is 1. The number of likely N-dealkylation sites (tertiary alicyclic amines) is 1. The molecule has 3 heterocycles. The molecule has 1 aliphatic heterocycles. The van der Waals surface area contributed by atoms with Crippen molar-refractivity contribution < 1.29 is 13.9 Å². The van der Waals surface area contributed by atoms with Crippen molar-refractivity contribution in [2.24, 2.45) is 0 Å². The summed E-state index contributed by atoms with van der Waals surface area (Å²) in [7, 11) is 0. The summed E-state index contributed by atoms with van der Waals surface area (Å²) in [6.07, 6.45) is 4.30. The smallest absolute Gasteiger partial charge is 0.287 e. The van der Waals surface area contributed by atoms with Crippen molar-refractivity contribution in [2.75, 3.05) is 19.7 Å². The van der Waals surface area contributed by atoms with Gasteiger partial charge in [0, 0.05) is 37.9 Å². The lowest BCUT2D eigenvalue weighted by Crippen LogP contribution is -2.36. The van der Waals surface area contributed by atoms with Crippen LogP contribution in [0.2, 0.25) is 0 Å². The number of carbonyl (C=O) groups excluding carboxylic acids is 1. The van der Waals surface area contributed by atoms with E-state index < -0.39 is 0 Å². The average molecular weight is 315 g/mol. The molecule has 1 N–H and O–H groups in total. The van der Waals surface area contributed by atoms with Gasteiger partial charge in [-0.3, -0.25) is 9.69 Å². The van der Waals surface area contributed by atoms with Gasteiger partial charge >= 0.3 is 0 Å². The summed E-state index contributed by atoms with van der Waals surface area (Å²) >= 11 is 0. The van der Waals surface area contributed by atoms with Crippen LogP contribution in [-0.2, 0) is 6.54 Å². The zero-order valence-electron chi connectivity index (χ0n) is 13.2. The van der Waals surface area contributed by atoms with Crippen LogP contribution < -0.4 is 10.1 Å². The fourth-order valence-electron chi connectivity index (χ4n) is 2.75. The Morgan fingerprint density at radius 2 is 2.39 bits per heavy atom. The topological polar surface area (TPSA) is 67.6 Å². The minimum absolute atomic E-state index is 0.149. The highest BCUT2D eigenvalue weighted by molar-refractivity contribution is 5.91. The van der Waals surface area contributed by atoms with E-state index in [2.05, 4.69) is 15.2 Å². The molecular formula is C17H21N3O3. The Bertz CT molecular complexity index is 625. The summed E-state index contributed by atoms with van der Waals surface area (Å²) in [5.41, 5.74) is 1.14. The number of furan rings is 1. The van der Waals surface area contributed by atoms with Crippen molar-refractivity contribution in [3.63, 3.8) is 0 Å². The molecule has 6 heteroatoms. The number of pyridine rings is 1. The molecule has 0 saturated carbocycles. The lowest BCUT2D eigenvalue weighted by Gasteiger charge is -2.16. The molecule has 0 bridgehead atoms. The molecule has 3 rings (SSSR count). The Hall–Kier alpha value is -2.34. The number of hydrogen-bond acceptors (Lipinski definition) is 5. The van der Waals surface area contributed by atoms with Crippen LogP contribution in [0.1, 0.15) is 29.5 Å². The number of ether oxygens (including phenoxy) is 1. The highest BCUT2D eigenvalue weighted by Crippen LogP contribution is 2.15. The minimum atomic E-state index is -0.149. The molecule has 2 aromatic rings. The van der Waals surface area contributed by atoms with Crippen molar-refractivity contribution in [2.45, 2.75) is 25.9 Å². The van der Waals surface area contributed by atoms with Crippen LogP contribution in [0.15, 0.2) is 41.1 Å². The third-order valence-corrected chi connectivity index (χ3v) is 3.85. The van der Waals surface area contributed by atoms with Gasteiger partial charge < -0.3 is 14.5 Å². The number of aromatic nitrogens is 1. The SMILES string of the molecule is CCOc1ccc(CN2CC[C@@H](NC(=O)c3ccco3)C2)cn1. The van der Waals surface area contributed by atoms with Crippen LogP contribution in [0.4, 0.5) is 0 Å². The second-order valence-corrected chi connectivity index (χ2v) is 5.61. The van der Waals surface area contributed by atoms with Gasteiger partial charge in [0.05, 0.1) is 12.9 Å². The largest absolute Gasteiger partial charge is 0.478 e. The first kappa shape index (κ1) is 15.6. The molecule has 23 heavy (non-hydrogen) atoms. The lowest BCUT2D eigenvalue weighted by atomic mass is 10.2. The molecule has 0 spiro atoms. The minimum Gasteiger partial charge on any atom is -0.478 e. The molecule has 1 saturated heterocycles. The molecule has 0 aliphatic carbocycles. The van der Waals surface area contributed by atoms with E-state index in [1.807, 2.05) is 25.3 Å². The first-order valence-electron chi connectivity index (χ1n) is 7.89. The first-order valence-corrected chi connectivity index (χ1v) is 7.89. The normalized spacial score (nSPS) is 18.0. The Morgan fingerprint density at radius 3 is 3.09 bits per heavy atom. The van der Waals surface area contributed by atoms with E-state index in [1.54, 1.807) is 12.1 Å². The number of rotatable bonds is 6. The van der Waals surface area contributed by atoms with Gasteiger partial charge in [0.15, 0.2) is 5.76 Å². The second kappa shape index (κ2) is 7.28. The van der Waals surface area contributed by atoms with E-state index in [-0.39, 0.29) is 11.9 Å². The van der Waals surface area contributed by atoms with Crippen LogP contribution in [0.25, 0.3) is 0 Å². The predicted octanol–water partition coefficient (Wildman–Crippen LogP) is 2.08. The van der Waals surface area contributed by atoms with Crippen LogP contribution in [0.5, 0.6) is 5.88 Å². The molecule has 1 aliphatic rings.